The van der Waals surface area contributed by atoms with E-state index in [0.717, 1.165) is 24.1 Å². The maximum Gasteiger partial charge on any atom is 0.105 e. The fraction of sp³-hybridized carbons (Fsp3) is 0.333. The minimum absolute atomic E-state index is 0. The molecular weight excluding hydrogens is 274 g/mol. The van der Waals surface area contributed by atoms with Crippen molar-refractivity contribution < 1.29 is 21.5 Å². The first kappa shape index (κ1) is 14.2. The molecule has 1 heterocycles. The summed E-state index contributed by atoms with van der Waals surface area (Å²) < 4.78 is 1.09. The lowest BCUT2D eigenvalue weighted by molar-refractivity contribution is -0.932. The molecule has 1 aliphatic rings. The van der Waals surface area contributed by atoms with E-state index in [9.17, 15) is 0 Å². The molecule has 1 aromatic rings. The van der Waals surface area contributed by atoms with Crippen molar-refractivity contribution >= 4 is 0 Å². The topological polar surface area (TPSA) is 0 Å². The van der Waals surface area contributed by atoms with E-state index in [1.807, 2.05) is 12.2 Å². The molecule has 2 heteroatoms. The largest absolute Gasteiger partial charge is 1.00 e. The van der Waals surface area contributed by atoms with Crippen molar-refractivity contribution in [3.8, 4) is 0 Å². The van der Waals surface area contributed by atoms with Gasteiger partial charge in [-0.2, -0.15) is 0 Å². The summed E-state index contributed by atoms with van der Waals surface area (Å²) in [6, 6.07) is 8.79. The van der Waals surface area contributed by atoms with Gasteiger partial charge in [-0.25, -0.2) is 0 Å². The molecule has 92 valence electrons. The monoisotopic (exact) mass is 293 g/mol. The molecule has 1 nitrogen and oxygen atoms in total. The first-order valence-electron chi connectivity index (χ1n) is 5.93. The summed E-state index contributed by atoms with van der Waals surface area (Å²) in [6.07, 6.45) is 5.26. The van der Waals surface area contributed by atoms with Crippen LogP contribution in [0.2, 0.25) is 0 Å². The maximum absolute atomic E-state index is 3.89. The highest BCUT2D eigenvalue weighted by molar-refractivity contribution is 5.27. The fourth-order valence-electron chi connectivity index (χ4n) is 2.69. The number of nitrogens with zero attached hydrogens (tertiary/aromatic N) is 1. The molecule has 1 aromatic carbocycles. The van der Waals surface area contributed by atoms with Crippen molar-refractivity contribution in [1.29, 1.82) is 0 Å². The highest BCUT2D eigenvalue weighted by atomic mass is 79.9. The zero-order valence-electron chi connectivity index (χ0n) is 10.2. The number of hydrogen-bond donors (Lipinski definition) is 0. The van der Waals surface area contributed by atoms with Gasteiger partial charge in [0.1, 0.15) is 6.54 Å². The third-order valence-corrected chi connectivity index (χ3v) is 3.51. The summed E-state index contributed by atoms with van der Waals surface area (Å²) >= 11 is 0. The average Bonchev–Trinajstić information content (AvgIpc) is 2.30. The van der Waals surface area contributed by atoms with Crippen LogP contribution in [0.25, 0.3) is 0 Å². The number of hydrogen-bond acceptors (Lipinski definition) is 0. The van der Waals surface area contributed by atoms with Crippen LogP contribution in [0, 0.1) is 0 Å². The summed E-state index contributed by atoms with van der Waals surface area (Å²) in [5, 5.41) is 0. The van der Waals surface area contributed by atoms with Gasteiger partial charge in [0, 0.05) is 12.0 Å². The van der Waals surface area contributed by atoms with Crippen LogP contribution in [0.15, 0.2) is 49.6 Å². The predicted octanol–water partition coefficient (Wildman–Crippen LogP) is -0.0645. The van der Waals surface area contributed by atoms with E-state index in [-0.39, 0.29) is 17.0 Å². The Balaban J connectivity index is 0.00000144. The normalized spacial score (nSPS) is 16.5. The molecule has 0 aromatic heterocycles. The third kappa shape index (κ3) is 3.08. The molecule has 0 saturated heterocycles. The Hall–Kier alpha value is -0.860. The van der Waals surface area contributed by atoms with Crippen molar-refractivity contribution in [3.05, 3.63) is 60.7 Å². The number of rotatable bonds is 4. The Morgan fingerprint density at radius 2 is 1.65 bits per heavy atom. The summed E-state index contributed by atoms with van der Waals surface area (Å²) in [4.78, 5) is 0. The van der Waals surface area contributed by atoms with Gasteiger partial charge < -0.3 is 21.5 Å². The van der Waals surface area contributed by atoms with Crippen LogP contribution in [-0.2, 0) is 13.0 Å². The summed E-state index contributed by atoms with van der Waals surface area (Å²) in [5.41, 5.74) is 3.02. The van der Waals surface area contributed by atoms with Crippen LogP contribution in [0.4, 0.5) is 0 Å². The molecule has 2 rings (SSSR count). The Labute approximate surface area is 115 Å². The van der Waals surface area contributed by atoms with Crippen LogP contribution >= 0.6 is 0 Å². The lowest BCUT2D eigenvalue weighted by atomic mass is 9.97. The van der Waals surface area contributed by atoms with Crippen LogP contribution in [-0.4, -0.2) is 24.1 Å². The number of halogens is 1. The molecule has 1 aliphatic heterocycles. The lowest BCUT2D eigenvalue weighted by Crippen LogP contribution is -3.00. The molecule has 0 spiro atoms. The molecule has 0 unspecified atom stereocenters. The predicted molar refractivity (Wildman–Crippen MR) is 69.1 cm³/mol. The summed E-state index contributed by atoms with van der Waals surface area (Å²) in [5.74, 6) is 0. The molecule has 0 radical (unpaired) electrons. The maximum atomic E-state index is 3.89. The van der Waals surface area contributed by atoms with Crippen molar-refractivity contribution in [2.45, 2.75) is 13.0 Å². The van der Waals surface area contributed by atoms with Gasteiger partial charge in [-0.15, -0.1) is 0 Å². The first-order chi connectivity index (χ1) is 7.79. The minimum atomic E-state index is 0. The van der Waals surface area contributed by atoms with E-state index >= 15 is 0 Å². The van der Waals surface area contributed by atoms with Gasteiger partial charge in [-0.05, 0) is 17.7 Å². The highest BCUT2D eigenvalue weighted by Crippen LogP contribution is 2.25. The minimum Gasteiger partial charge on any atom is -1.00 e. The van der Waals surface area contributed by atoms with Gasteiger partial charge in [0.05, 0.1) is 19.6 Å². The van der Waals surface area contributed by atoms with Crippen LogP contribution in [0.5, 0.6) is 0 Å². The van der Waals surface area contributed by atoms with E-state index in [4.69, 9.17) is 0 Å². The molecule has 0 saturated carbocycles. The zero-order valence-corrected chi connectivity index (χ0v) is 11.8. The van der Waals surface area contributed by atoms with Crippen molar-refractivity contribution in [3.63, 3.8) is 0 Å². The van der Waals surface area contributed by atoms with Crippen molar-refractivity contribution in [2.24, 2.45) is 0 Å². The molecule has 0 bridgehead atoms. The number of benzene rings is 1. The SMILES string of the molecule is C=CC[N+]1(CC=C)CCc2ccccc2C1.[Br-]. The van der Waals surface area contributed by atoms with Crippen molar-refractivity contribution in [2.75, 3.05) is 19.6 Å². The molecule has 0 N–H and O–H groups in total. The van der Waals surface area contributed by atoms with E-state index in [1.165, 1.54) is 24.1 Å². The Morgan fingerprint density at radius 1 is 1.06 bits per heavy atom. The quantitative estimate of drug-likeness (QED) is 0.539. The van der Waals surface area contributed by atoms with E-state index in [1.54, 1.807) is 0 Å². The fourth-order valence-corrected chi connectivity index (χ4v) is 2.69. The number of fused-ring (bicyclic) bond motifs is 1. The lowest BCUT2D eigenvalue weighted by Gasteiger charge is -2.40. The standard InChI is InChI=1S/C15H20N.BrH/c1-3-10-16(11-4-2)12-9-14-7-5-6-8-15(14)13-16;/h3-8H,1-2,9-13H2;1H/q+1;/p-1. The van der Waals surface area contributed by atoms with Crippen LogP contribution in [0.1, 0.15) is 11.1 Å². The highest BCUT2D eigenvalue weighted by Gasteiger charge is 2.29. The second-order valence-corrected chi connectivity index (χ2v) is 4.68. The molecule has 17 heavy (non-hydrogen) atoms. The van der Waals surface area contributed by atoms with Gasteiger partial charge in [-0.1, -0.05) is 37.4 Å². The van der Waals surface area contributed by atoms with E-state index in [0.29, 0.717) is 0 Å². The molecule has 0 amide bonds. The summed E-state index contributed by atoms with van der Waals surface area (Å²) in [7, 11) is 0. The average molecular weight is 294 g/mol. The van der Waals surface area contributed by atoms with Gasteiger partial charge in [0.2, 0.25) is 0 Å². The Bertz CT molecular complexity index is 388. The van der Waals surface area contributed by atoms with Gasteiger partial charge >= 0.3 is 0 Å². The van der Waals surface area contributed by atoms with Crippen molar-refractivity contribution in [1.82, 2.24) is 0 Å². The Kier molecular flexibility index (Phi) is 5.16. The van der Waals surface area contributed by atoms with Gasteiger partial charge in [0.15, 0.2) is 0 Å². The summed E-state index contributed by atoms with van der Waals surface area (Å²) in [6.45, 7) is 12.2. The number of quaternary nitrogens is 1. The molecule has 0 atom stereocenters. The van der Waals surface area contributed by atoms with E-state index < -0.39 is 0 Å². The smallest absolute Gasteiger partial charge is 0.105 e. The molecule has 0 aliphatic carbocycles. The molecular formula is C15H20BrN. The van der Waals surface area contributed by atoms with Crippen LogP contribution < -0.4 is 17.0 Å². The second-order valence-electron chi connectivity index (χ2n) is 4.68. The van der Waals surface area contributed by atoms with Crippen LogP contribution in [0.3, 0.4) is 0 Å². The Morgan fingerprint density at radius 3 is 2.24 bits per heavy atom. The van der Waals surface area contributed by atoms with E-state index in [2.05, 4.69) is 37.4 Å². The molecule has 0 fully saturated rings. The van der Waals surface area contributed by atoms with Gasteiger partial charge in [-0.3, -0.25) is 0 Å². The zero-order chi connectivity index (χ0) is 11.4. The second kappa shape index (κ2) is 6.18. The first-order valence-corrected chi connectivity index (χ1v) is 5.93. The van der Waals surface area contributed by atoms with Gasteiger partial charge in [0.25, 0.3) is 0 Å². The third-order valence-electron chi connectivity index (χ3n) is 3.51.